The van der Waals surface area contributed by atoms with Gasteiger partial charge in [0.05, 0.1) is 4.90 Å². The second-order valence-corrected chi connectivity index (χ2v) is 7.81. The van der Waals surface area contributed by atoms with Crippen LogP contribution < -0.4 is 4.72 Å². The van der Waals surface area contributed by atoms with Gasteiger partial charge >= 0.3 is 0 Å². The zero-order valence-electron chi connectivity index (χ0n) is 13.4. The second kappa shape index (κ2) is 7.18. The predicted octanol–water partition coefficient (Wildman–Crippen LogP) is 3.16. The van der Waals surface area contributed by atoms with Crippen molar-refractivity contribution in [2.45, 2.75) is 45.9 Å². The first-order chi connectivity index (χ1) is 9.65. The minimum atomic E-state index is -3.57. The summed E-state index contributed by atoms with van der Waals surface area (Å²) in [7, 11) is -3.57. The van der Waals surface area contributed by atoms with Gasteiger partial charge in [0, 0.05) is 18.0 Å². The van der Waals surface area contributed by atoms with E-state index in [2.05, 4.69) is 4.72 Å². The fourth-order valence-electron chi connectivity index (χ4n) is 1.94. The van der Waals surface area contributed by atoms with Crippen LogP contribution in [0.5, 0.6) is 0 Å². The molecule has 0 saturated heterocycles. The number of sulfonamides is 1. The third-order valence-corrected chi connectivity index (χ3v) is 4.90. The normalized spacial score (nSPS) is 12.1. The molecule has 0 fully saturated rings. The molecule has 0 aliphatic rings. The molecule has 0 bridgehead atoms. The molecule has 4 nitrogen and oxygen atoms in total. The molecule has 0 aromatic heterocycles. The van der Waals surface area contributed by atoms with Crippen LogP contribution in [0.3, 0.4) is 0 Å². The van der Waals surface area contributed by atoms with E-state index in [1.165, 1.54) is 6.07 Å². The number of carbonyl (C=O) groups is 1. The molecule has 0 atom stereocenters. The van der Waals surface area contributed by atoms with E-state index < -0.39 is 10.0 Å². The second-order valence-electron chi connectivity index (χ2n) is 6.08. The molecular weight excluding hydrogens is 286 g/mol. The van der Waals surface area contributed by atoms with E-state index in [1.54, 1.807) is 32.9 Å². The Hall–Kier alpha value is -1.20. The number of hydrogen-bond acceptors (Lipinski definition) is 3. The van der Waals surface area contributed by atoms with Crippen LogP contribution in [0.4, 0.5) is 0 Å². The van der Waals surface area contributed by atoms with Crippen molar-refractivity contribution in [3.05, 3.63) is 29.3 Å². The SMILES string of the molecule is Cc1ccc(C(=O)C(C)C)cc1S(=O)(=O)NCCC(C)C. The molecule has 5 heteroatoms. The minimum absolute atomic E-state index is 0.0476. The molecule has 0 heterocycles. The molecule has 1 aromatic rings. The number of Topliss-reactive ketones (excluding diaryl/α,β-unsaturated/α-hetero) is 1. The number of nitrogens with one attached hydrogen (secondary N) is 1. The highest BCUT2D eigenvalue weighted by molar-refractivity contribution is 7.89. The fourth-order valence-corrected chi connectivity index (χ4v) is 3.25. The number of hydrogen-bond donors (Lipinski definition) is 1. The summed E-state index contributed by atoms with van der Waals surface area (Å²) in [6.45, 7) is 9.83. The van der Waals surface area contributed by atoms with Crippen LogP contribution in [-0.4, -0.2) is 20.7 Å². The summed E-state index contributed by atoms with van der Waals surface area (Å²) in [5.41, 5.74) is 1.09. The van der Waals surface area contributed by atoms with Crippen LogP contribution >= 0.6 is 0 Å². The molecule has 21 heavy (non-hydrogen) atoms. The summed E-state index contributed by atoms with van der Waals surface area (Å²) >= 11 is 0. The summed E-state index contributed by atoms with van der Waals surface area (Å²) in [6.07, 6.45) is 0.781. The van der Waals surface area contributed by atoms with E-state index >= 15 is 0 Å². The Balaban J connectivity index is 3.05. The van der Waals surface area contributed by atoms with Crippen LogP contribution in [0.25, 0.3) is 0 Å². The van der Waals surface area contributed by atoms with Gasteiger partial charge in [-0.1, -0.05) is 39.8 Å². The Morgan fingerprint density at radius 3 is 2.33 bits per heavy atom. The number of aryl methyl sites for hydroxylation is 1. The van der Waals surface area contributed by atoms with Crippen LogP contribution in [0, 0.1) is 18.8 Å². The standard InChI is InChI=1S/C16H25NO3S/c1-11(2)8-9-17-21(19,20)15-10-14(7-6-13(15)5)16(18)12(3)4/h6-7,10-12,17H,8-9H2,1-5H3. The highest BCUT2D eigenvalue weighted by Gasteiger charge is 2.19. The molecule has 118 valence electrons. The smallest absolute Gasteiger partial charge is 0.240 e. The van der Waals surface area contributed by atoms with Crippen molar-refractivity contribution in [2.24, 2.45) is 11.8 Å². The third-order valence-electron chi connectivity index (χ3n) is 3.30. The Morgan fingerprint density at radius 1 is 1.19 bits per heavy atom. The van der Waals surface area contributed by atoms with Crippen LogP contribution in [-0.2, 0) is 10.0 Å². The summed E-state index contributed by atoms with van der Waals surface area (Å²) in [6, 6.07) is 4.85. The predicted molar refractivity (Wildman–Crippen MR) is 85.0 cm³/mol. The highest BCUT2D eigenvalue weighted by Crippen LogP contribution is 2.19. The average molecular weight is 311 g/mol. The first-order valence-electron chi connectivity index (χ1n) is 7.29. The van der Waals surface area contributed by atoms with Crippen LogP contribution in [0.15, 0.2) is 23.1 Å². The minimum Gasteiger partial charge on any atom is -0.294 e. The Kier molecular flexibility index (Phi) is 6.10. The Labute approximate surface area is 128 Å². The van der Waals surface area contributed by atoms with Crippen molar-refractivity contribution < 1.29 is 13.2 Å². The van der Waals surface area contributed by atoms with Crippen molar-refractivity contribution in [3.63, 3.8) is 0 Å². The van der Waals surface area contributed by atoms with Gasteiger partial charge < -0.3 is 0 Å². The van der Waals surface area contributed by atoms with Gasteiger partial charge in [0.25, 0.3) is 0 Å². The molecule has 1 rings (SSSR count). The first kappa shape index (κ1) is 17.9. The van der Waals surface area contributed by atoms with Gasteiger partial charge in [0.1, 0.15) is 0 Å². The fraction of sp³-hybridized carbons (Fsp3) is 0.562. The number of ketones is 1. The Bertz CT molecular complexity index is 604. The zero-order valence-corrected chi connectivity index (χ0v) is 14.3. The molecule has 0 aliphatic heterocycles. The number of rotatable bonds is 7. The largest absolute Gasteiger partial charge is 0.294 e. The van der Waals surface area contributed by atoms with Gasteiger partial charge in [-0.15, -0.1) is 0 Å². The monoisotopic (exact) mass is 311 g/mol. The van der Waals surface area contributed by atoms with E-state index in [9.17, 15) is 13.2 Å². The third kappa shape index (κ3) is 4.93. The van der Waals surface area contributed by atoms with E-state index in [-0.39, 0.29) is 16.6 Å². The maximum absolute atomic E-state index is 12.4. The lowest BCUT2D eigenvalue weighted by molar-refractivity contribution is 0.0939. The number of carbonyl (C=O) groups excluding carboxylic acids is 1. The summed E-state index contributed by atoms with van der Waals surface area (Å²) in [5.74, 6) is 0.230. The van der Waals surface area contributed by atoms with Crippen molar-refractivity contribution in [1.29, 1.82) is 0 Å². The van der Waals surface area contributed by atoms with Gasteiger partial charge in [-0.2, -0.15) is 0 Å². The maximum Gasteiger partial charge on any atom is 0.240 e. The van der Waals surface area contributed by atoms with Gasteiger partial charge in [-0.3, -0.25) is 4.79 Å². The van der Waals surface area contributed by atoms with Crippen molar-refractivity contribution in [1.82, 2.24) is 4.72 Å². The number of benzene rings is 1. The molecule has 0 spiro atoms. The van der Waals surface area contributed by atoms with E-state index in [0.29, 0.717) is 23.6 Å². The molecule has 0 unspecified atom stereocenters. The molecule has 0 saturated carbocycles. The average Bonchev–Trinajstić information content (AvgIpc) is 2.37. The molecule has 1 aromatic carbocycles. The lowest BCUT2D eigenvalue weighted by Crippen LogP contribution is -2.26. The van der Waals surface area contributed by atoms with E-state index in [1.807, 2.05) is 13.8 Å². The first-order valence-corrected chi connectivity index (χ1v) is 8.78. The lowest BCUT2D eigenvalue weighted by atomic mass is 10.0. The molecule has 0 radical (unpaired) electrons. The molecule has 0 amide bonds. The van der Waals surface area contributed by atoms with Gasteiger partial charge in [-0.05, 0) is 30.9 Å². The lowest BCUT2D eigenvalue weighted by Gasteiger charge is -2.12. The van der Waals surface area contributed by atoms with Gasteiger partial charge in [0.2, 0.25) is 10.0 Å². The van der Waals surface area contributed by atoms with Crippen molar-refractivity contribution >= 4 is 15.8 Å². The van der Waals surface area contributed by atoms with Crippen LogP contribution in [0.2, 0.25) is 0 Å². The quantitative estimate of drug-likeness (QED) is 0.787. The highest BCUT2D eigenvalue weighted by atomic mass is 32.2. The molecular formula is C16H25NO3S. The van der Waals surface area contributed by atoms with E-state index in [0.717, 1.165) is 6.42 Å². The molecule has 0 aliphatic carbocycles. The summed E-state index contributed by atoms with van der Waals surface area (Å²) in [4.78, 5) is 12.2. The van der Waals surface area contributed by atoms with Crippen LogP contribution in [0.1, 0.15) is 50.0 Å². The zero-order chi connectivity index (χ0) is 16.2. The summed E-state index contributed by atoms with van der Waals surface area (Å²) in [5, 5.41) is 0. The van der Waals surface area contributed by atoms with Gasteiger partial charge in [0.15, 0.2) is 5.78 Å². The van der Waals surface area contributed by atoms with Crippen molar-refractivity contribution in [2.75, 3.05) is 6.54 Å². The topological polar surface area (TPSA) is 63.2 Å². The van der Waals surface area contributed by atoms with E-state index in [4.69, 9.17) is 0 Å². The van der Waals surface area contributed by atoms with Crippen molar-refractivity contribution in [3.8, 4) is 0 Å². The summed E-state index contributed by atoms with van der Waals surface area (Å²) < 4.78 is 27.3. The van der Waals surface area contributed by atoms with Gasteiger partial charge in [-0.25, -0.2) is 13.1 Å². The maximum atomic E-state index is 12.4. The Morgan fingerprint density at radius 2 is 1.81 bits per heavy atom. The molecule has 1 N–H and O–H groups in total.